The zero-order chi connectivity index (χ0) is 19.6. The monoisotopic (exact) mass is 385 g/mol. The lowest BCUT2D eigenvalue weighted by atomic mass is 10.1. The lowest BCUT2D eigenvalue weighted by Crippen LogP contribution is -2.18. The van der Waals surface area contributed by atoms with Gasteiger partial charge in [0.05, 0.1) is 17.4 Å². The van der Waals surface area contributed by atoms with Gasteiger partial charge < -0.3 is 10.1 Å². The van der Waals surface area contributed by atoms with Gasteiger partial charge in [-0.25, -0.2) is 14.6 Å². The van der Waals surface area contributed by atoms with Crippen molar-refractivity contribution in [2.75, 3.05) is 11.9 Å². The van der Waals surface area contributed by atoms with Gasteiger partial charge in [-0.2, -0.15) is 5.10 Å². The Kier molecular flexibility index (Phi) is 4.69. The first kappa shape index (κ1) is 17.8. The van der Waals surface area contributed by atoms with E-state index in [-0.39, 0.29) is 6.23 Å². The maximum absolute atomic E-state index is 5.93. The highest BCUT2D eigenvalue weighted by Crippen LogP contribution is 2.29. The molecule has 6 heteroatoms. The quantitative estimate of drug-likeness (QED) is 0.520. The summed E-state index contributed by atoms with van der Waals surface area (Å²) in [4.78, 5) is 9.08. The first-order valence-electron chi connectivity index (χ1n) is 10.0. The van der Waals surface area contributed by atoms with Crippen LogP contribution >= 0.6 is 0 Å². The molecule has 0 bridgehead atoms. The molecule has 0 aliphatic carbocycles. The van der Waals surface area contributed by atoms with Crippen LogP contribution in [0, 0.1) is 6.92 Å². The number of rotatable bonds is 4. The molecule has 2 aromatic carbocycles. The van der Waals surface area contributed by atoms with E-state index < -0.39 is 0 Å². The van der Waals surface area contributed by atoms with Crippen molar-refractivity contribution in [2.24, 2.45) is 0 Å². The molecule has 1 aliphatic rings. The first-order chi connectivity index (χ1) is 14.3. The smallest absolute Gasteiger partial charge is 0.227 e. The van der Waals surface area contributed by atoms with Crippen molar-refractivity contribution in [2.45, 2.75) is 32.4 Å². The van der Waals surface area contributed by atoms with Gasteiger partial charge in [0.25, 0.3) is 0 Å². The van der Waals surface area contributed by atoms with Crippen molar-refractivity contribution < 1.29 is 4.74 Å². The number of benzene rings is 2. The summed E-state index contributed by atoms with van der Waals surface area (Å²) < 4.78 is 7.94. The Labute approximate surface area is 169 Å². The van der Waals surface area contributed by atoms with Gasteiger partial charge in [-0.1, -0.05) is 29.8 Å². The normalized spacial score (nSPS) is 16.8. The van der Waals surface area contributed by atoms with Crippen molar-refractivity contribution in [3.63, 3.8) is 0 Å². The van der Waals surface area contributed by atoms with Crippen molar-refractivity contribution >= 4 is 22.5 Å². The second kappa shape index (κ2) is 7.64. The van der Waals surface area contributed by atoms with Gasteiger partial charge in [0.15, 0.2) is 6.23 Å². The standard InChI is InChI=1S/C23H23N5O/c1-16-5-9-19(10-6-16)26-23-24-12-11-20(27-23)17-7-8-18-15-25-28(21(18)14-17)22-4-2-3-13-29-22/h5-12,14-15,22H,2-4,13H2,1H3,(H,24,26,27). The van der Waals surface area contributed by atoms with Crippen LogP contribution < -0.4 is 5.32 Å². The lowest BCUT2D eigenvalue weighted by Gasteiger charge is -2.23. The number of hydrogen-bond acceptors (Lipinski definition) is 5. The van der Waals surface area contributed by atoms with E-state index >= 15 is 0 Å². The second-order valence-electron chi connectivity index (χ2n) is 7.44. The highest BCUT2D eigenvalue weighted by molar-refractivity contribution is 5.84. The number of aromatic nitrogens is 4. The van der Waals surface area contributed by atoms with Crippen LogP contribution in [0.4, 0.5) is 11.6 Å². The third kappa shape index (κ3) is 3.71. The summed E-state index contributed by atoms with van der Waals surface area (Å²) in [5.41, 5.74) is 5.16. The maximum atomic E-state index is 5.93. The van der Waals surface area contributed by atoms with Gasteiger partial charge in [0.1, 0.15) is 0 Å². The number of fused-ring (bicyclic) bond motifs is 1. The SMILES string of the molecule is Cc1ccc(Nc2nccc(-c3ccc4cnn(C5CCCCO5)c4c3)n2)cc1. The Hall–Kier alpha value is -3.25. The molecule has 1 saturated heterocycles. The van der Waals surface area contributed by atoms with Crippen LogP contribution in [-0.2, 0) is 4.74 Å². The van der Waals surface area contributed by atoms with Gasteiger partial charge >= 0.3 is 0 Å². The summed E-state index contributed by atoms with van der Waals surface area (Å²) in [6.07, 6.45) is 7.00. The number of ether oxygens (including phenoxy) is 1. The summed E-state index contributed by atoms with van der Waals surface area (Å²) in [5, 5.41) is 8.96. The number of anilines is 2. The van der Waals surface area contributed by atoms with Crippen molar-refractivity contribution in [3.05, 3.63) is 66.5 Å². The molecule has 0 amide bonds. The van der Waals surface area contributed by atoms with Gasteiger partial charge in [-0.3, -0.25) is 0 Å². The number of nitrogens with one attached hydrogen (secondary N) is 1. The van der Waals surface area contributed by atoms with Gasteiger partial charge in [-0.15, -0.1) is 0 Å². The summed E-state index contributed by atoms with van der Waals surface area (Å²) in [6.45, 7) is 2.87. The van der Waals surface area contributed by atoms with Crippen LogP contribution in [0.3, 0.4) is 0 Å². The highest BCUT2D eigenvalue weighted by Gasteiger charge is 2.18. The second-order valence-corrected chi connectivity index (χ2v) is 7.44. The minimum absolute atomic E-state index is 0.0145. The summed E-state index contributed by atoms with van der Waals surface area (Å²) in [7, 11) is 0. The first-order valence-corrected chi connectivity index (χ1v) is 10.0. The van der Waals surface area contributed by atoms with E-state index in [9.17, 15) is 0 Å². The number of nitrogens with zero attached hydrogens (tertiary/aromatic N) is 4. The van der Waals surface area contributed by atoms with Crippen LogP contribution in [0.15, 0.2) is 60.9 Å². The Bertz CT molecular complexity index is 1130. The van der Waals surface area contributed by atoms with Crippen LogP contribution in [0.25, 0.3) is 22.2 Å². The molecule has 1 unspecified atom stereocenters. The molecule has 146 valence electrons. The van der Waals surface area contributed by atoms with Crippen LogP contribution in [0.5, 0.6) is 0 Å². The zero-order valence-corrected chi connectivity index (χ0v) is 16.4. The molecule has 1 aliphatic heterocycles. The Morgan fingerprint density at radius 1 is 1.07 bits per heavy atom. The summed E-state index contributed by atoms with van der Waals surface area (Å²) in [5.74, 6) is 0.579. The van der Waals surface area contributed by atoms with Gasteiger partial charge in [0, 0.05) is 29.4 Å². The molecule has 0 spiro atoms. The molecule has 1 atom stereocenters. The molecule has 0 radical (unpaired) electrons. The third-order valence-corrected chi connectivity index (χ3v) is 5.29. The third-order valence-electron chi connectivity index (χ3n) is 5.29. The minimum atomic E-state index is 0.0145. The van der Waals surface area contributed by atoms with E-state index in [1.165, 1.54) is 12.0 Å². The van der Waals surface area contributed by atoms with Gasteiger partial charge in [-0.05, 0) is 50.5 Å². The molecule has 1 fully saturated rings. The fourth-order valence-corrected chi connectivity index (χ4v) is 3.69. The predicted molar refractivity (Wildman–Crippen MR) is 114 cm³/mol. The molecular formula is C23H23N5O. The fourth-order valence-electron chi connectivity index (χ4n) is 3.69. The topological polar surface area (TPSA) is 64.9 Å². The van der Waals surface area contributed by atoms with Gasteiger partial charge in [0.2, 0.25) is 5.95 Å². The molecule has 2 aromatic heterocycles. The molecule has 0 saturated carbocycles. The number of aryl methyl sites for hydroxylation is 1. The largest absolute Gasteiger partial charge is 0.356 e. The van der Waals surface area contributed by atoms with Crippen LogP contribution in [-0.4, -0.2) is 26.4 Å². The Balaban J connectivity index is 1.46. The lowest BCUT2D eigenvalue weighted by molar-refractivity contribution is -0.0366. The minimum Gasteiger partial charge on any atom is -0.356 e. The van der Waals surface area contributed by atoms with E-state index in [1.807, 2.05) is 29.1 Å². The maximum Gasteiger partial charge on any atom is 0.227 e. The van der Waals surface area contributed by atoms with E-state index in [0.717, 1.165) is 47.3 Å². The van der Waals surface area contributed by atoms with Crippen molar-refractivity contribution in [3.8, 4) is 11.3 Å². The zero-order valence-electron chi connectivity index (χ0n) is 16.4. The summed E-state index contributed by atoms with van der Waals surface area (Å²) in [6, 6.07) is 16.4. The Morgan fingerprint density at radius 3 is 2.79 bits per heavy atom. The Morgan fingerprint density at radius 2 is 1.97 bits per heavy atom. The molecule has 29 heavy (non-hydrogen) atoms. The fraction of sp³-hybridized carbons (Fsp3) is 0.261. The molecule has 4 aromatic rings. The van der Waals surface area contributed by atoms with E-state index in [1.54, 1.807) is 6.20 Å². The molecule has 1 N–H and O–H groups in total. The average molecular weight is 385 g/mol. The molecule has 6 nitrogen and oxygen atoms in total. The molecule has 3 heterocycles. The van der Waals surface area contributed by atoms with E-state index in [0.29, 0.717) is 5.95 Å². The van der Waals surface area contributed by atoms with Crippen molar-refractivity contribution in [1.82, 2.24) is 19.7 Å². The average Bonchev–Trinajstić information content (AvgIpc) is 3.19. The van der Waals surface area contributed by atoms with Crippen LogP contribution in [0.1, 0.15) is 31.1 Å². The summed E-state index contributed by atoms with van der Waals surface area (Å²) >= 11 is 0. The molecule has 5 rings (SSSR count). The highest BCUT2D eigenvalue weighted by atomic mass is 16.5. The van der Waals surface area contributed by atoms with E-state index in [4.69, 9.17) is 9.72 Å². The van der Waals surface area contributed by atoms with Crippen LogP contribution in [0.2, 0.25) is 0 Å². The number of hydrogen-bond donors (Lipinski definition) is 1. The molecular weight excluding hydrogens is 362 g/mol. The van der Waals surface area contributed by atoms with E-state index in [2.05, 4.69) is 52.7 Å². The predicted octanol–water partition coefficient (Wildman–Crippen LogP) is 5.24. The van der Waals surface area contributed by atoms with Crippen molar-refractivity contribution in [1.29, 1.82) is 0 Å².